The Balaban J connectivity index is 1.39. The lowest BCUT2D eigenvalue weighted by molar-refractivity contribution is -0.0912. The number of nitrogens with zero attached hydrogens (tertiary/aromatic N) is 4. The van der Waals surface area contributed by atoms with Crippen molar-refractivity contribution in [3.63, 3.8) is 0 Å². The van der Waals surface area contributed by atoms with E-state index >= 15 is 0 Å². The fourth-order valence-corrected chi connectivity index (χ4v) is 5.10. The summed E-state index contributed by atoms with van der Waals surface area (Å²) in [5.74, 6) is 0.255. The van der Waals surface area contributed by atoms with E-state index in [9.17, 15) is 19.4 Å². The Morgan fingerprint density at radius 2 is 1.82 bits per heavy atom. The van der Waals surface area contributed by atoms with E-state index in [1.54, 1.807) is 20.4 Å². The zero-order valence-electron chi connectivity index (χ0n) is 20.7. The highest BCUT2D eigenvalue weighted by molar-refractivity contribution is 8.42. The first-order valence-electron chi connectivity index (χ1n) is 11.6. The van der Waals surface area contributed by atoms with Crippen LogP contribution in [-0.2, 0) is 10.6 Å². The minimum absolute atomic E-state index is 0.439. The standard InChI is InChI=1S/C25H25F5N4O3S/c1-17-15-33(16-31-17)22-11-6-18(14-23(22)35-3)13-19-5-4-12-34-24(19)32-37-25(34,2)20-7-9-21(10-8-20)36-38(26,27,28,29)30/h6-11,13-16H,4-5,12H2,1-3H3. The molecule has 1 unspecified atom stereocenters. The van der Waals surface area contributed by atoms with Gasteiger partial charge in [0.25, 0.3) is 0 Å². The number of fused-ring (bicyclic) bond motifs is 1. The number of aromatic nitrogens is 2. The number of oxime groups is 1. The molecule has 1 aromatic heterocycles. The number of halogens is 5. The van der Waals surface area contributed by atoms with E-state index in [0.717, 1.165) is 47.5 Å². The van der Waals surface area contributed by atoms with Crippen LogP contribution < -0.4 is 8.92 Å². The average molecular weight is 557 g/mol. The maximum absolute atomic E-state index is 12.7. The molecule has 1 fully saturated rings. The predicted molar refractivity (Wildman–Crippen MR) is 135 cm³/mol. The smallest absolute Gasteiger partial charge is 0.435 e. The molecule has 1 atom stereocenters. The zero-order valence-corrected chi connectivity index (χ0v) is 21.5. The Bertz CT molecular complexity index is 1460. The lowest BCUT2D eigenvalue weighted by Gasteiger charge is -2.39. The van der Waals surface area contributed by atoms with Gasteiger partial charge >= 0.3 is 10.5 Å². The van der Waals surface area contributed by atoms with Gasteiger partial charge in [0.15, 0.2) is 5.84 Å². The predicted octanol–water partition coefficient (Wildman–Crippen LogP) is 7.48. The van der Waals surface area contributed by atoms with Crippen LogP contribution in [0.2, 0.25) is 0 Å². The third kappa shape index (κ3) is 5.28. The Morgan fingerprint density at radius 3 is 2.45 bits per heavy atom. The van der Waals surface area contributed by atoms with E-state index in [-0.39, 0.29) is 0 Å². The van der Waals surface area contributed by atoms with E-state index in [2.05, 4.69) is 14.3 Å². The summed E-state index contributed by atoms with van der Waals surface area (Å²) in [6, 6.07) is 10.00. The van der Waals surface area contributed by atoms with Crippen LogP contribution in [0.3, 0.4) is 0 Å². The largest absolute Gasteiger partial charge is 0.495 e. The number of aryl methyl sites for hydroxylation is 1. The van der Waals surface area contributed by atoms with E-state index in [1.807, 2.05) is 46.9 Å². The Hall–Kier alpha value is -3.74. The number of benzene rings is 2. The maximum atomic E-state index is 12.7. The van der Waals surface area contributed by atoms with E-state index in [1.165, 1.54) is 12.1 Å². The number of hydrogen-bond acceptors (Lipinski definition) is 6. The van der Waals surface area contributed by atoms with Crippen LogP contribution in [0.15, 0.2) is 65.7 Å². The molecule has 204 valence electrons. The molecule has 2 aliphatic rings. The van der Waals surface area contributed by atoms with Gasteiger partial charge in [-0.2, -0.15) is 0 Å². The Morgan fingerprint density at radius 1 is 1.08 bits per heavy atom. The van der Waals surface area contributed by atoms with Gasteiger partial charge in [0.2, 0.25) is 5.72 Å². The molecule has 2 aliphatic heterocycles. The van der Waals surface area contributed by atoms with E-state index in [0.29, 0.717) is 23.7 Å². The van der Waals surface area contributed by atoms with Gasteiger partial charge in [-0.25, -0.2) is 4.98 Å². The molecular weight excluding hydrogens is 531 g/mol. The molecule has 0 amide bonds. The second-order valence-corrected chi connectivity index (χ2v) is 11.2. The molecule has 7 nitrogen and oxygen atoms in total. The van der Waals surface area contributed by atoms with Crippen LogP contribution in [0, 0.1) is 6.92 Å². The minimum Gasteiger partial charge on any atom is -0.495 e. The normalized spacial score (nSPS) is 22.3. The number of amidine groups is 1. The fraction of sp³-hybridized carbons (Fsp3) is 0.280. The van der Waals surface area contributed by atoms with Gasteiger partial charge < -0.3 is 23.2 Å². The monoisotopic (exact) mass is 556 g/mol. The molecule has 0 N–H and O–H groups in total. The summed E-state index contributed by atoms with van der Waals surface area (Å²) in [5, 5.41) is 4.28. The molecule has 38 heavy (non-hydrogen) atoms. The van der Waals surface area contributed by atoms with Gasteiger partial charge in [-0.1, -0.05) is 30.7 Å². The highest BCUT2D eigenvalue weighted by atomic mass is 32.5. The number of methoxy groups -OCH3 is 1. The number of piperidine rings is 1. The lowest BCUT2D eigenvalue weighted by Crippen LogP contribution is -2.46. The molecule has 0 bridgehead atoms. The first-order chi connectivity index (χ1) is 17.6. The first kappa shape index (κ1) is 25.9. The first-order valence-corrected chi connectivity index (χ1v) is 13.5. The number of rotatable bonds is 6. The van der Waals surface area contributed by atoms with Gasteiger partial charge in [-0.05, 0) is 73.4 Å². The summed E-state index contributed by atoms with van der Waals surface area (Å²) < 4.78 is 74.1. The van der Waals surface area contributed by atoms with Gasteiger partial charge in [0.05, 0.1) is 24.8 Å². The molecule has 1 saturated heterocycles. The molecule has 2 aromatic carbocycles. The summed E-state index contributed by atoms with van der Waals surface area (Å²) in [6.45, 7) is 4.20. The third-order valence-corrected chi connectivity index (χ3v) is 6.88. The van der Waals surface area contributed by atoms with Crippen molar-refractivity contribution in [3.05, 3.63) is 77.4 Å². The highest BCUT2D eigenvalue weighted by Gasteiger charge is 2.67. The van der Waals surface area contributed by atoms with E-state index in [4.69, 9.17) is 9.57 Å². The summed E-state index contributed by atoms with van der Waals surface area (Å²) in [5.41, 5.74) is 2.82. The Kier molecular flexibility index (Phi) is 5.54. The summed E-state index contributed by atoms with van der Waals surface area (Å²) in [7, 11) is -8.47. The number of imidazole rings is 1. The molecular formula is C25H25F5N4O3S. The molecule has 5 rings (SSSR count). The van der Waals surface area contributed by atoms with Gasteiger partial charge in [-0.3, -0.25) is 0 Å². The summed E-state index contributed by atoms with van der Waals surface area (Å²) in [6.07, 6.45) is 7.10. The van der Waals surface area contributed by atoms with Crippen molar-refractivity contribution in [1.29, 1.82) is 0 Å². The van der Waals surface area contributed by atoms with Crippen LogP contribution in [0.25, 0.3) is 11.8 Å². The van der Waals surface area contributed by atoms with Crippen LogP contribution in [0.1, 0.15) is 36.6 Å². The average Bonchev–Trinajstić information content (AvgIpc) is 3.42. The van der Waals surface area contributed by atoms with Gasteiger partial charge in [0, 0.05) is 25.2 Å². The topological polar surface area (TPSA) is 61.1 Å². The third-order valence-electron chi connectivity index (χ3n) is 6.37. The maximum Gasteiger partial charge on any atom is 0.435 e. The zero-order chi connectivity index (χ0) is 27.4. The SMILES string of the molecule is COc1cc(C=C2CCCN3C2=NOC3(C)c2ccc(OS(F)(F)(F)(F)F)cc2)ccc1-n1cnc(C)c1. The van der Waals surface area contributed by atoms with Crippen molar-refractivity contribution in [3.8, 4) is 17.2 Å². The van der Waals surface area contributed by atoms with Crippen molar-refractivity contribution >= 4 is 22.4 Å². The van der Waals surface area contributed by atoms with Crippen LogP contribution in [0.4, 0.5) is 19.4 Å². The molecule has 3 heterocycles. The molecule has 0 aliphatic carbocycles. The highest BCUT2D eigenvalue weighted by Crippen LogP contribution is 2.97. The summed E-state index contributed by atoms with van der Waals surface area (Å²) in [4.78, 5) is 11.9. The lowest BCUT2D eigenvalue weighted by atomic mass is 9.95. The Labute approximate surface area is 216 Å². The fourth-order valence-electron chi connectivity index (χ4n) is 4.62. The van der Waals surface area contributed by atoms with Crippen molar-refractivity contribution < 1.29 is 33.2 Å². The van der Waals surface area contributed by atoms with Crippen molar-refractivity contribution in [1.82, 2.24) is 14.5 Å². The van der Waals surface area contributed by atoms with Crippen molar-refractivity contribution in [2.75, 3.05) is 13.7 Å². The van der Waals surface area contributed by atoms with Gasteiger partial charge in [-0.15, -0.1) is 0 Å². The molecule has 0 radical (unpaired) electrons. The van der Waals surface area contributed by atoms with Crippen LogP contribution in [0.5, 0.6) is 11.5 Å². The van der Waals surface area contributed by atoms with Crippen LogP contribution >= 0.6 is 10.5 Å². The molecule has 0 saturated carbocycles. The quantitative estimate of drug-likeness (QED) is 0.295. The molecule has 13 heteroatoms. The summed E-state index contributed by atoms with van der Waals surface area (Å²) >= 11 is 0. The molecule has 3 aromatic rings. The van der Waals surface area contributed by atoms with E-state index < -0.39 is 22.0 Å². The molecule has 0 spiro atoms. The van der Waals surface area contributed by atoms with Crippen molar-refractivity contribution in [2.45, 2.75) is 32.4 Å². The van der Waals surface area contributed by atoms with Crippen LogP contribution in [-0.4, -0.2) is 33.9 Å². The second kappa shape index (κ2) is 8.13. The number of ether oxygens (including phenoxy) is 1. The second-order valence-electron chi connectivity index (χ2n) is 9.27. The van der Waals surface area contributed by atoms with Gasteiger partial charge in [0.1, 0.15) is 11.5 Å². The van der Waals surface area contributed by atoms with Crippen molar-refractivity contribution in [2.24, 2.45) is 5.16 Å². The minimum atomic E-state index is -10.1. The number of hydrogen-bond donors (Lipinski definition) is 0.